The van der Waals surface area contributed by atoms with Crippen LogP contribution in [0.4, 0.5) is 5.82 Å². The minimum atomic E-state index is -5.72. The smallest absolute Gasteiger partial charge is 0.462 e. The van der Waals surface area contributed by atoms with E-state index in [1.54, 1.807) is 0 Å². The average Bonchev–Trinajstić information content (AvgIpc) is 3.35. The van der Waals surface area contributed by atoms with Gasteiger partial charge in [-0.25, -0.2) is 13.9 Å². The Hall–Kier alpha value is -3.69. The number of fused-ring (bicyclic) bond motifs is 3. The first-order chi connectivity index (χ1) is 35.9. The number of aliphatic hydroxyl groups is 4. The molecule has 2 saturated heterocycles. The number of hydrogen-bond donors (Lipinski definition) is 7. The van der Waals surface area contributed by atoms with Gasteiger partial charge >= 0.3 is 33.3 Å². The van der Waals surface area contributed by atoms with Crippen LogP contribution in [0.2, 0.25) is 0 Å². The second-order valence-corrected chi connectivity index (χ2v) is 22.2. The summed E-state index contributed by atoms with van der Waals surface area (Å²) in [6.45, 7) is 1.43. The van der Waals surface area contributed by atoms with Gasteiger partial charge in [0.05, 0.1) is 37.4 Å². The Kier molecular flexibility index (Phi) is 31.8. The van der Waals surface area contributed by atoms with E-state index in [1.807, 2.05) is 6.92 Å². The number of anilines is 1. The summed E-state index contributed by atoms with van der Waals surface area (Å²) >= 11 is 0. The summed E-state index contributed by atoms with van der Waals surface area (Å²) < 4.78 is 59.1. The van der Waals surface area contributed by atoms with Crippen LogP contribution in [0.5, 0.6) is 0 Å². The van der Waals surface area contributed by atoms with Gasteiger partial charge < -0.3 is 50.2 Å². The van der Waals surface area contributed by atoms with Crippen molar-refractivity contribution in [2.75, 3.05) is 25.6 Å². The van der Waals surface area contributed by atoms with Gasteiger partial charge in [-0.3, -0.25) is 28.0 Å². The van der Waals surface area contributed by atoms with Crippen LogP contribution < -0.4 is 11.4 Å². The topological polar surface area (TPSA) is 323 Å². The molecule has 0 spiro atoms. The van der Waals surface area contributed by atoms with Gasteiger partial charge in [0.15, 0.2) is 6.10 Å². The number of nitrogen functional groups attached to an aromatic ring is 1. The van der Waals surface area contributed by atoms with Crippen LogP contribution in [0.15, 0.2) is 65.7 Å². The molecule has 2 unspecified atom stereocenters. The van der Waals surface area contributed by atoms with E-state index in [1.165, 1.54) is 43.7 Å². The first-order valence-electron chi connectivity index (χ1n) is 26.8. The highest BCUT2D eigenvalue weighted by atomic mass is 31.3. The van der Waals surface area contributed by atoms with Gasteiger partial charge in [0, 0.05) is 31.4 Å². The first-order valence-corrected chi connectivity index (χ1v) is 29.7. The van der Waals surface area contributed by atoms with E-state index in [-0.39, 0.29) is 25.1 Å². The molecule has 0 radical (unpaired) electrons. The molecule has 0 aliphatic carbocycles. The number of nitrogens with zero attached hydrogens (tertiary/aromatic N) is 2. The molecule has 2 fully saturated rings. The maximum Gasteiger partial charge on any atom is 0.481 e. The van der Waals surface area contributed by atoms with Crippen LogP contribution >= 0.6 is 15.6 Å². The third kappa shape index (κ3) is 27.0. The Morgan fingerprint density at radius 3 is 2.13 bits per heavy atom. The number of Topliss-reactive ketones (excluding diaryl/α,β-unsaturated/α-hetero) is 1. The maximum atomic E-state index is 14.0. The first kappa shape index (κ1) is 65.6. The summed E-state index contributed by atoms with van der Waals surface area (Å²) in [4.78, 5) is 78.3. The minimum absolute atomic E-state index is 0.0245. The van der Waals surface area contributed by atoms with Crippen molar-refractivity contribution >= 4 is 39.2 Å². The lowest BCUT2D eigenvalue weighted by Gasteiger charge is -2.39. The zero-order valence-electron chi connectivity index (χ0n) is 43.8. The molecule has 11 atom stereocenters. The van der Waals surface area contributed by atoms with Gasteiger partial charge in [0.1, 0.15) is 36.6 Å². The highest BCUT2D eigenvalue weighted by Crippen LogP contribution is 2.60. The van der Waals surface area contributed by atoms with E-state index in [0.717, 1.165) is 62.4 Å². The Balaban J connectivity index is 1.77. The van der Waals surface area contributed by atoms with E-state index in [4.69, 9.17) is 29.0 Å². The van der Waals surface area contributed by atoms with E-state index < -0.39 is 120 Å². The van der Waals surface area contributed by atoms with E-state index in [0.29, 0.717) is 44.9 Å². The molecular formula is C52H85N3O18P2. The molecule has 3 rings (SSSR count). The molecule has 2 aliphatic heterocycles. The molecule has 8 N–H and O–H groups in total. The number of phosphoric ester groups is 2. The van der Waals surface area contributed by atoms with Gasteiger partial charge in [0.25, 0.3) is 0 Å². The van der Waals surface area contributed by atoms with Crippen molar-refractivity contribution in [3.63, 3.8) is 0 Å². The molecule has 1 aromatic heterocycles. The summed E-state index contributed by atoms with van der Waals surface area (Å²) in [7, 11) is -11.3. The molecule has 21 nitrogen and oxygen atoms in total. The molecule has 426 valence electrons. The number of aliphatic hydroxyl groups excluding tert-OH is 4. The quantitative estimate of drug-likeness (QED) is 0.0237. The number of esters is 2. The van der Waals surface area contributed by atoms with Gasteiger partial charge in [-0.2, -0.15) is 9.29 Å². The minimum Gasteiger partial charge on any atom is -0.462 e. The molecule has 23 heteroatoms. The largest absolute Gasteiger partial charge is 0.481 e. The molecule has 3 heterocycles. The number of allylic oxidation sites excluding steroid dienone is 6. The predicted molar refractivity (Wildman–Crippen MR) is 280 cm³/mol. The number of unbranched alkanes of at least 4 members (excludes halogenated alkanes) is 9. The summed E-state index contributed by atoms with van der Waals surface area (Å²) in [6, 6.07) is 1.24. The molecule has 75 heavy (non-hydrogen) atoms. The summed E-state index contributed by atoms with van der Waals surface area (Å²) in [6.07, 6.45) is 18.7. The zero-order valence-corrected chi connectivity index (χ0v) is 45.6. The van der Waals surface area contributed by atoms with Crippen LogP contribution in [-0.2, 0) is 51.1 Å². The van der Waals surface area contributed by atoms with E-state index >= 15 is 0 Å². The molecule has 0 amide bonds. The number of ketones is 1. The number of carbonyl (C=O) groups excluding carboxylic acids is 3. The van der Waals surface area contributed by atoms with Gasteiger partial charge in [0.2, 0.25) is 0 Å². The lowest BCUT2D eigenvalue weighted by molar-refractivity contribution is -0.188. The number of rotatable bonds is 23. The molecule has 2 aliphatic rings. The predicted octanol–water partition coefficient (Wildman–Crippen LogP) is 7.92. The highest BCUT2D eigenvalue weighted by Gasteiger charge is 2.45. The van der Waals surface area contributed by atoms with Crippen molar-refractivity contribution in [3.8, 4) is 0 Å². The summed E-state index contributed by atoms with van der Waals surface area (Å²) in [5, 5.41) is 45.8. The molecule has 2 bridgehead atoms. The maximum absolute atomic E-state index is 14.0. The van der Waals surface area contributed by atoms with Crippen LogP contribution in [0.3, 0.4) is 0 Å². The second-order valence-electron chi connectivity index (χ2n) is 19.2. The Morgan fingerprint density at radius 2 is 1.45 bits per heavy atom. The highest BCUT2D eigenvalue weighted by molar-refractivity contribution is 7.61. The van der Waals surface area contributed by atoms with Crippen molar-refractivity contribution in [2.24, 2.45) is 11.8 Å². The number of cyclic esters (lactones) is 1. The van der Waals surface area contributed by atoms with Crippen LogP contribution in [0, 0.1) is 11.8 Å². The van der Waals surface area contributed by atoms with Gasteiger partial charge in [-0.05, 0) is 70.3 Å². The van der Waals surface area contributed by atoms with Crippen molar-refractivity contribution in [1.29, 1.82) is 0 Å². The number of phosphoric acid groups is 2. The van der Waals surface area contributed by atoms with Crippen molar-refractivity contribution in [2.45, 2.75) is 204 Å². The fourth-order valence-corrected chi connectivity index (χ4v) is 10.6. The van der Waals surface area contributed by atoms with Crippen molar-refractivity contribution < 1.29 is 81.3 Å². The Labute approximate surface area is 441 Å². The van der Waals surface area contributed by atoms with Crippen molar-refractivity contribution in [3.05, 3.63) is 71.4 Å². The SMILES string of the molecule is CCCCC/C=C\C/C=C\C/C=C\CCCCCCC(=O)O[C@@H]1COC(=O)CCCCCC[C@@H]2[C@H](n3ccc(N)nc3=O)O[C@H](COP(=O)(O)OP(=O)(O)OC1)[C@@H](O)[C@@H](O)[C@@H](/C=C/[C@@H](O)CCCCC)C(=O)C[C@@H]2O. The van der Waals surface area contributed by atoms with Gasteiger partial charge in [-0.15, -0.1) is 0 Å². The molecular weight excluding hydrogens is 1020 g/mol. The number of nitrogens with two attached hydrogens (primary N) is 1. The molecule has 0 aromatic carbocycles. The Morgan fingerprint density at radius 1 is 0.827 bits per heavy atom. The van der Waals surface area contributed by atoms with E-state index in [2.05, 4.69) is 52.7 Å². The summed E-state index contributed by atoms with van der Waals surface area (Å²) in [5.74, 6) is -5.09. The van der Waals surface area contributed by atoms with Crippen LogP contribution in [0.25, 0.3) is 0 Å². The number of ether oxygens (including phenoxy) is 3. The fourth-order valence-electron chi connectivity index (χ4n) is 8.52. The summed E-state index contributed by atoms with van der Waals surface area (Å²) in [5.41, 5.74) is 4.78. The van der Waals surface area contributed by atoms with Crippen LogP contribution in [0.1, 0.15) is 168 Å². The van der Waals surface area contributed by atoms with Gasteiger partial charge in [-0.1, -0.05) is 127 Å². The normalized spacial score (nSPS) is 29.2. The Bertz CT molecular complexity index is 2120. The lowest BCUT2D eigenvalue weighted by atomic mass is 9.83. The average molecular weight is 1100 g/mol. The second kappa shape index (κ2) is 36.4. The number of aromatic nitrogens is 2. The zero-order chi connectivity index (χ0) is 55.1. The fraction of sp³-hybridized carbons (Fsp3) is 0.712. The monoisotopic (exact) mass is 1100 g/mol. The van der Waals surface area contributed by atoms with Crippen LogP contribution in [-0.4, -0.2) is 114 Å². The molecule has 1 aromatic rings. The number of carbonyl (C=O) groups is 3. The standard InChI is InChI=1S/C52H85N3O18P2/c1-3-5-7-8-9-10-11-12-13-14-15-16-17-18-19-20-26-30-48(60)71-40-36-68-47(59)29-25-22-21-24-28-42-44(58)35-43(57)41(32-31-39(56)27-23-6-4-2)49(61)50(62)45(38-70-75(66,67)73-74(64,65)69-37-40)72-51(42)55-34-33-46(53)54-52(55)63/h9-10,12-13,15-16,31-34,39-42,44-45,49-51,56,58,61-62H,3-8,11,14,17-30,35-38H2,1-2H3,(H,64,65)(H,66,67)(H2,53,54,63)/b10-9-,13-12-,16-15-,32-31+/t39-,40+,41-,42-,44-,45+,49-,50+,51+/m0/s1. The third-order valence-electron chi connectivity index (χ3n) is 12.8. The molecule has 0 saturated carbocycles. The lowest BCUT2D eigenvalue weighted by Crippen LogP contribution is -2.51. The van der Waals surface area contributed by atoms with Crippen molar-refractivity contribution in [1.82, 2.24) is 9.55 Å². The van der Waals surface area contributed by atoms with E-state index in [9.17, 15) is 58.5 Å². The third-order valence-corrected chi connectivity index (χ3v) is 15.4. The number of hydrogen-bond acceptors (Lipinski definition) is 18.